The van der Waals surface area contributed by atoms with Crippen molar-refractivity contribution in [1.29, 1.82) is 0 Å². The molecule has 0 N–H and O–H groups in total. The van der Waals surface area contributed by atoms with Crippen molar-refractivity contribution in [3.8, 4) is 0 Å². The quantitative estimate of drug-likeness (QED) is 0.810. The number of carbonyl (C=O) groups excluding carboxylic acids is 1. The van der Waals surface area contributed by atoms with Gasteiger partial charge in [-0.1, -0.05) is 25.9 Å². The molecule has 1 amide bonds. The van der Waals surface area contributed by atoms with Gasteiger partial charge in [0.15, 0.2) is 0 Å². The summed E-state index contributed by atoms with van der Waals surface area (Å²) in [5.41, 5.74) is 0.910. The maximum Gasteiger partial charge on any atom is 0.222 e. The zero-order chi connectivity index (χ0) is 12.4. The van der Waals surface area contributed by atoms with Gasteiger partial charge in [0.1, 0.15) is 11.5 Å². The number of aromatic nitrogens is 1. The largest absolute Gasteiger partial charge is 0.361 e. The molecule has 0 radical (unpaired) electrons. The molecule has 1 aliphatic heterocycles. The van der Waals surface area contributed by atoms with Crippen LogP contribution in [0, 0.1) is 0 Å². The van der Waals surface area contributed by atoms with Gasteiger partial charge in [0.25, 0.3) is 0 Å². The normalized spacial score (nSPS) is 20.2. The minimum Gasteiger partial charge on any atom is -0.361 e. The number of likely N-dealkylation sites (tertiary alicyclic amines) is 1. The van der Waals surface area contributed by atoms with Crippen LogP contribution in [0.5, 0.6) is 0 Å². The molecular formula is C13H20N2O2. The van der Waals surface area contributed by atoms with Crippen molar-refractivity contribution in [2.24, 2.45) is 0 Å². The third kappa shape index (κ3) is 2.35. The molecule has 1 aromatic rings. The molecule has 1 fully saturated rings. The Balaban J connectivity index is 2.17. The fourth-order valence-electron chi connectivity index (χ4n) is 2.31. The van der Waals surface area contributed by atoms with Crippen molar-refractivity contribution in [2.45, 2.75) is 52.0 Å². The molecule has 0 spiro atoms. The van der Waals surface area contributed by atoms with Crippen molar-refractivity contribution < 1.29 is 9.32 Å². The van der Waals surface area contributed by atoms with Crippen LogP contribution in [0.2, 0.25) is 0 Å². The average Bonchev–Trinajstić information content (AvgIpc) is 2.95. The summed E-state index contributed by atoms with van der Waals surface area (Å²) in [5, 5.41) is 4.12. The van der Waals surface area contributed by atoms with Crippen LogP contribution in [-0.4, -0.2) is 22.5 Å². The number of amides is 1. The summed E-state index contributed by atoms with van der Waals surface area (Å²) in [5.74, 6) is 1.45. The lowest BCUT2D eigenvalue weighted by atomic mass is 10.1. The highest BCUT2D eigenvalue weighted by Crippen LogP contribution is 2.32. The Morgan fingerprint density at radius 1 is 1.65 bits per heavy atom. The zero-order valence-corrected chi connectivity index (χ0v) is 10.8. The van der Waals surface area contributed by atoms with Crippen LogP contribution < -0.4 is 0 Å². The maximum atomic E-state index is 11.8. The van der Waals surface area contributed by atoms with E-state index >= 15 is 0 Å². The van der Waals surface area contributed by atoms with Crippen LogP contribution in [-0.2, 0) is 4.79 Å². The molecule has 1 saturated heterocycles. The zero-order valence-electron chi connectivity index (χ0n) is 10.8. The van der Waals surface area contributed by atoms with Gasteiger partial charge in [-0.25, -0.2) is 0 Å². The van der Waals surface area contributed by atoms with Crippen molar-refractivity contribution in [1.82, 2.24) is 10.1 Å². The molecule has 0 saturated carbocycles. The molecule has 0 unspecified atom stereocenters. The van der Waals surface area contributed by atoms with Gasteiger partial charge in [0.2, 0.25) is 5.91 Å². The molecule has 4 nitrogen and oxygen atoms in total. The highest BCUT2D eigenvalue weighted by atomic mass is 16.5. The van der Waals surface area contributed by atoms with Crippen molar-refractivity contribution in [2.75, 3.05) is 6.54 Å². The smallest absolute Gasteiger partial charge is 0.222 e. The first kappa shape index (κ1) is 12.1. The average molecular weight is 236 g/mol. The van der Waals surface area contributed by atoms with E-state index in [1.807, 2.05) is 17.9 Å². The van der Waals surface area contributed by atoms with Crippen LogP contribution in [0.15, 0.2) is 10.6 Å². The molecule has 2 heterocycles. The molecule has 0 bridgehead atoms. The van der Waals surface area contributed by atoms with Crippen molar-refractivity contribution >= 4 is 5.91 Å². The van der Waals surface area contributed by atoms with Gasteiger partial charge >= 0.3 is 0 Å². The van der Waals surface area contributed by atoms with E-state index in [-0.39, 0.29) is 11.9 Å². The third-order valence-corrected chi connectivity index (χ3v) is 3.33. The Morgan fingerprint density at radius 3 is 3.00 bits per heavy atom. The van der Waals surface area contributed by atoms with E-state index in [9.17, 15) is 4.79 Å². The number of hydrogen-bond acceptors (Lipinski definition) is 3. The summed E-state index contributed by atoms with van der Waals surface area (Å²) in [6, 6.07) is 2.12. The minimum atomic E-state index is 0.124. The lowest BCUT2D eigenvalue weighted by Crippen LogP contribution is -2.29. The van der Waals surface area contributed by atoms with Gasteiger partial charge in [0, 0.05) is 24.9 Å². The van der Waals surface area contributed by atoms with Gasteiger partial charge in [-0.15, -0.1) is 0 Å². The second kappa shape index (κ2) is 4.90. The molecule has 1 aliphatic rings. The Morgan fingerprint density at radius 2 is 2.41 bits per heavy atom. The number of rotatable bonds is 3. The first-order valence-electron chi connectivity index (χ1n) is 6.39. The van der Waals surface area contributed by atoms with E-state index < -0.39 is 0 Å². The first-order chi connectivity index (χ1) is 8.13. The lowest BCUT2D eigenvalue weighted by Gasteiger charge is -2.22. The van der Waals surface area contributed by atoms with Crippen LogP contribution in [0.1, 0.15) is 63.4 Å². The van der Waals surface area contributed by atoms with Gasteiger partial charge in [-0.05, 0) is 12.8 Å². The second-order valence-corrected chi connectivity index (χ2v) is 4.91. The molecule has 1 atom stereocenters. The highest BCUT2D eigenvalue weighted by Gasteiger charge is 2.31. The summed E-state index contributed by atoms with van der Waals surface area (Å²) in [6.45, 7) is 6.91. The molecule has 0 aliphatic carbocycles. The predicted molar refractivity (Wildman–Crippen MR) is 64.6 cm³/mol. The van der Waals surface area contributed by atoms with Crippen LogP contribution in [0.4, 0.5) is 0 Å². The monoisotopic (exact) mass is 236 g/mol. The summed E-state index contributed by atoms with van der Waals surface area (Å²) in [6.07, 6.45) is 2.61. The van der Waals surface area contributed by atoms with Crippen LogP contribution >= 0.6 is 0 Å². The third-order valence-electron chi connectivity index (χ3n) is 3.33. The number of hydrogen-bond donors (Lipinski definition) is 0. The van der Waals surface area contributed by atoms with E-state index in [0.29, 0.717) is 12.3 Å². The molecule has 1 aromatic heterocycles. The van der Waals surface area contributed by atoms with Gasteiger partial charge < -0.3 is 9.42 Å². The SMILES string of the molecule is CCC(=O)N1CCC[C@H]1c1cc(C(C)C)on1. The first-order valence-corrected chi connectivity index (χ1v) is 6.39. The summed E-state index contributed by atoms with van der Waals surface area (Å²) >= 11 is 0. The molecule has 94 valence electrons. The maximum absolute atomic E-state index is 11.8. The standard InChI is InChI=1S/C13H20N2O2/c1-4-13(16)15-7-5-6-11(15)10-8-12(9(2)3)17-14-10/h8-9,11H,4-7H2,1-3H3/t11-/m0/s1. The molecule has 4 heteroatoms. The Bertz CT molecular complexity index is 398. The highest BCUT2D eigenvalue weighted by molar-refractivity contribution is 5.76. The van der Waals surface area contributed by atoms with E-state index in [1.165, 1.54) is 0 Å². The van der Waals surface area contributed by atoms with Crippen molar-refractivity contribution in [3.05, 3.63) is 17.5 Å². The van der Waals surface area contributed by atoms with Crippen LogP contribution in [0.25, 0.3) is 0 Å². The fraction of sp³-hybridized carbons (Fsp3) is 0.692. The number of carbonyl (C=O) groups is 1. The van der Waals surface area contributed by atoms with E-state index in [1.54, 1.807) is 0 Å². The van der Waals surface area contributed by atoms with Gasteiger partial charge in [0.05, 0.1) is 6.04 Å². The lowest BCUT2D eigenvalue weighted by molar-refractivity contribution is -0.131. The molecule has 0 aromatic carbocycles. The van der Waals surface area contributed by atoms with Crippen molar-refractivity contribution in [3.63, 3.8) is 0 Å². The topological polar surface area (TPSA) is 46.3 Å². The predicted octanol–water partition coefficient (Wildman–Crippen LogP) is 2.87. The molecular weight excluding hydrogens is 216 g/mol. The molecule has 17 heavy (non-hydrogen) atoms. The Hall–Kier alpha value is -1.32. The van der Waals surface area contributed by atoms with Gasteiger partial charge in [-0.3, -0.25) is 4.79 Å². The fourth-order valence-corrected chi connectivity index (χ4v) is 2.31. The minimum absolute atomic E-state index is 0.124. The summed E-state index contributed by atoms with van der Waals surface area (Å²) < 4.78 is 5.31. The molecule has 2 rings (SSSR count). The van der Waals surface area contributed by atoms with E-state index in [4.69, 9.17) is 4.52 Å². The number of nitrogens with zero attached hydrogens (tertiary/aromatic N) is 2. The van der Waals surface area contributed by atoms with E-state index in [0.717, 1.165) is 30.8 Å². The second-order valence-electron chi connectivity index (χ2n) is 4.91. The summed E-state index contributed by atoms with van der Waals surface area (Å²) in [7, 11) is 0. The van der Waals surface area contributed by atoms with Crippen LogP contribution in [0.3, 0.4) is 0 Å². The van der Waals surface area contributed by atoms with Gasteiger partial charge in [-0.2, -0.15) is 0 Å². The Labute approximate surface area is 102 Å². The van der Waals surface area contributed by atoms with E-state index in [2.05, 4.69) is 19.0 Å². The Kier molecular flexibility index (Phi) is 3.50. The summed E-state index contributed by atoms with van der Waals surface area (Å²) in [4.78, 5) is 13.7.